The summed E-state index contributed by atoms with van der Waals surface area (Å²) < 4.78 is 5.72. The second-order valence-electron chi connectivity index (χ2n) is 9.03. The van der Waals surface area contributed by atoms with Crippen LogP contribution in [0.4, 0.5) is 5.69 Å². The first-order valence-corrected chi connectivity index (χ1v) is 11.3. The van der Waals surface area contributed by atoms with Gasteiger partial charge in [0.1, 0.15) is 11.5 Å². The van der Waals surface area contributed by atoms with Crippen molar-refractivity contribution in [2.45, 2.75) is 33.7 Å². The highest BCUT2D eigenvalue weighted by Gasteiger charge is 2.47. The van der Waals surface area contributed by atoms with Gasteiger partial charge in [0.25, 0.3) is 11.7 Å². The molecule has 0 bridgehead atoms. The van der Waals surface area contributed by atoms with Crippen LogP contribution in [0, 0.1) is 19.8 Å². The molecule has 6 nitrogen and oxygen atoms in total. The van der Waals surface area contributed by atoms with Gasteiger partial charge in [0.15, 0.2) is 0 Å². The number of hydrogen-bond donors (Lipinski definition) is 1. The lowest BCUT2D eigenvalue weighted by Gasteiger charge is -2.26. The molecule has 1 fully saturated rings. The van der Waals surface area contributed by atoms with Crippen molar-refractivity contribution in [3.05, 3.63) is 94.8 Å². The molecule has 0 saturated carbocycles. The Morgan fingerprint density at radius 3 is 2.32 bits per heavy atom. The van der Waals surface area contributed by atoms with E-state index in [1.807, 2.05) is 32.0 Å². The van der Waals surface area contributed by atoms with Gasteiger partial charge in [0, 0.05) is 23.6 Å². The highest BCUT2D eigenvalue weighted by molar-refractivity contribution is 6.51. The van der Waals surface area contributed by atoms with Gasteiger partial charge in [-0.25, -0.2) is 0 Å². The highest BCUT2D eigenvalue weighted by Crippen LogP contribution is 2.42. The number of ether oxygens (including phenoxy) is 1. The van der Waals surface area contributed by atoms with Crippen LogP contribution in [0.2, 0.25) is 0 Å². The van der Waals surface area contributed by atoms with Crippen molar-refractivity contribution in [2.24, 2.45) is 5.92 Å². The van der Waals surface area contributed by atoms with Gasteiger partial charge in [-0.05, 0) is 78.9 Å². The Morgan fingerprint density at radius 2 is 1.74 bits per heavy atom. The molecular weight excluding hydrogens is 428 g/mol. The number of aromatic nitrogens is 1. The fraction of sp³-hybridized carbons (Fsp3) is 0.250. The van der Waals surface area contributed by atoms with E-state index in [-0.39, 0.29) is 11.3 Å². The first kappa shape index (κ1) is 23.2. The highest BCUT2D eigenvalue weighted by atomic mass is 16.5. The van der Waals surface area contributed by atoms with E-state index in [2.05, 4.69) is 18.8 Å². The van der Waals surface area contributed by atoms with Crippen LogP contribution >= 0.6 is 0 Å². The van der Waals surface area contributed by atoms with Crippen LogP contribution < -0.4 is 9.64 Å². The van der Waals surface area contributed by atoms with Crippen LogP contribution in [0.1, 0.15) is 42.1 Å². The van der Waals surface area contributed by atoms with Crippen molar-refractivity contribution in [2.75, 3.05) is 11.5 Å². The van der Waals surface area contributed by atoms with Crippen LogP contribution in [0.3, 0.4) is 0 Å². The monoisotopic (exact) mass is 456 g/mol. The van der Waals surface area contributed by atoms with Crippen LogP contribution in [0.25, 0.3) is 5.76 Å². The molecule has 1 aliphatic rings. The summed E-state index contributed by atoms with van der Waals surface area (Å²) in [5.41, 5.74) is 3.65. The summed E-state index contributed by atoms with van der Waals surface area (Å²) >= 11 is 0. The quantitative estimate of drug-likeness (QED) is 0.307. The molecule has 0 spiro atoms. The van der Waals surface area contributed by atoms with E-state index in [0.717, 1.165) is 11.1 Å². The Labute approximate surface area is 199 Å². The van der Waals surface area contributed by atoms with E-state index in [9.17, 15) is 14.7 Å². The van der Waals surface area contributed by atoms with Gasteiger partial charge in [-0.2, -0.15) is 0 Å². The SMILES string of the molecule is Cc1cc(C)cc(N2C(=O)C(=O)/C(=C(/O)c3ccc(OCC(C)C)cc3)C2c2cccnc2)c1. The minimum atomic E-state index is -0.799. The maximum atomic E-state index is 13.3. The number of Topliss-reactive ketones (excluding diaryl/α,β-unsaturated/α-hetero) is 1. The number of benzene rings is 2. The Kier molecular flexibility index (Phi) is 6.50. The zero-order valence-corrected chi connectivity index (χ0v) is 19.8. The predicted molar refractivity (Wildman–Crippen MR) is 132 cm³/mol. The molecule has 1 unspecified atom stereocenters. The first-order chi connectivity index (χ1) is 16.3. The lowest BCUT2D eigenvalue weighted by atomic mass is 9.96. The summed E-state index contributed by atoms with van der Waals surface area (Å²) in [5, 5.41) is 11.2. The van der Waals surface area contributed by atoms with Crippen LogP contribution in [-0.2, 0) is 9.59 Å². The third kappa shape index (κ3) is 4.57. The van der Waals surface area contributed by atoms with E-state index >= 15 is 0 Å². The molecule has 1 aliphatic heterocycles. The van der Waals surface area contributed by atoms with Gasteiger partial charge in [0.2, 0.25) is 0 Å². The molecule has 1 aromatic heterocycles. The molecule has 1 N–H and O–H groups in total. The van der Waals surface area contributed by atoms with E-state index in [4.69, 9.17) is 4.74 Å². The Hall–Kier alpha value is -3.93. The van der Waals surface area contributed by atoms with E-state index in [1.54, 1.807) is 48.8 Å². The molecule has 1 amide bonds. The third-order valence-electron chi connectivity index (χ3n) is 5.64. The average Bonchev–Trinajstić information content (AvgIpc) is 3.08. The maximum Gasteiger partial charge on any atom is 0.300 e. The Bertz CT molecular complexity index is 1230. The zero-order valence-electron chi connectivity index (χ0n) is 19.8. The van der Waals surface area contributed by atoms with Crippen molar-refractivity contribution in [1.82, 2.24) is 4.98 Å². The summed E-state index contributed by atoms with van der Waals surface area (Å²) in [6.45, 7) is 8.58. The number of carbonyl (C=O) groups is 2. The number of nitrogens with zero attached hydrogens (tertiary/aromatic N) is 2. The average molecular weight is 457 g/mol. The molecular formula is C28H28N2O4. The van der Waals surface area contributed by atoms with Crippen molar-refractivity contribution >= 4 is 23.1 Å². The lowest BCUT2D eigenvalue weighted by Crippen LogP contribution is -2.29. The van der Waals surface area contributed by atoms with Crippen molar-refractivity contribution in [3.63, 3.8) is 0 Å². The summed E-state index contributed by atoms with van der Waals surface area (Å²) in [4.78, 5) is 32.1. The maximum absolute atomic E-state index is 13.3. The molecule has 4 rings (SSSR count). The van der Waals surface area contributed by atoms with E-state index in [1.165, 1.54) is 4.90 Å². The second kappa shape index (κ2) is 9.51. The fourth-order valence-corrected chi connectivity index (χ4v) is 4.17. The minimum Gasteiger partial charge on any atom is -0.507 e. The standard InChI is InChI=1S/C28H28N2O4/c1-17(2)16-34-23-9-7-20(8-10-23)26(31)24-25(21-6-5-11-29-15-21)30(28(33)27(24)32)22-13-18(3)12-19(4)14-22/h5-15,17,25,31H,16H2,1-4H3/b26-24+. The predicted octanol–water partition coefficient (Wildman–Crippen LogP) is 5.36. The summed E-state index contributed by atoms with van der Waals surface area (Å²) in [6.07, 6.45) is 3.24. The Morgan fingerprint density at radius 1 is 1.06 bits per heavy atom. The molecule has 0 radical (unpaired) electrons. The van der Waals surface area contributed by atoms with Gasteiger partial charge in [-0.15, -0.1) is 0 Å². The lowest BCUT2D eigenvalue weighted by molar-refractivity contribution is -0.132. The van der Waals surface area contributed by atoms with Gasteiger partial charge in [0.05, 0.1) is 18.2 Å². The number of ketones is 1. The molecule has 1 saturated heterocycles. The summed E-state index contributed by atoms with van der Waals surface area (Å²) in [6, 6.07) is 15.4. The third-order valence-corrected chi connectivity index (χ3v) is 5.64. The molecule has 34 heavy (non-hydrogen) atoms. The molecule has 6 heteroatoms. The molecule has 0 aliphatic carbocycles. The van der Waals surface area contributed by atoms with Gasteiger partial charge in [-0.1, -0.05) is 26.0 Å². The number of aliphatic hydroxyl groups is 1. The fourth-order valence-electron chi connectivity index (χ4n) is 4.17. The van der Waals surface area contributed by atoms with Gasteiger partial charge in [-0.3, -0.25) is 19.5 Å². The molecule has 2 aromatic carbocycles. The van der Waals surface area contributed by atoms with Gasteiger partial charge < -0.3 is 9.84 Å². The number of pyridine rings is 1. The summed E-state index contributed by atoms with van der Waals surface area (Å²) in [7, 11) is 0. The number of hydrogen-bond acceptors (Lipinski definition) is 5. The number of rotatable bonds is 6. The van der Waals surface area contributed by atoms with E-state index in [0.29, 0.717) is 35.1 Å². The smallest absolute Gasteiger partial charge is 0.300 e. The topological polar surface area (TPSA) is 79.7 Å². The van der Waals surface area contributed by atoms with Crippen LogP contribution in [0.15, 0.2) is 72.6 Å². The van der Waals surface area contributed by atoms with Crippen molar-refractivity contribution in [3.8, 4) is 5.75 Å². The largest absolute Gasteiger partial charge is 0.507 e. The summed E-state index contributed by atoms with van der Waals surface area (Å²) in [5.74, 6) is -0.587. The Balaban J connectivity index is 1.82. The number of anilines is 1. The number of aliphatic hydroxyl groups excluding tert-OH is 1. The zero-order chi connectivity index (χ0) is 24.4. The first-order valence-electron chi connectivity index (χ1n) is 11.3. The number of carbonyl (C=O) groups excluding carboxylic acids is 2. The molecule has 1 atom stereocenters. The second-order valence-corrected chi connectivity index (χ2v) is 9.03. The molecule has 174 valence electrons. The number of amides is 1. The van der Waals surface area contributed by atoms with E-state index < -0.39 is 17.7 Å². The van der Waals surface area contributed by atoms with Crippen molar-refractivity contribution < 1.29 is 19.4 Å². The number of aryl methyl sites for hydroxylation is 2. The van der Waals surface area contributed by atoms with Crippen LogP contribution in [0.5, 0.6) is 5.75 Å². The minimum absolute atomic E-state index is 0.0352. The van der Waals surface area contributed by atoms with Crippen LogP contribution in [-0.4, -0.2) is 28.4 Å². The van der Waals surface area contributed by atoms with Crippen molar-refractivity contribution in [1.29, 1.82) is 0 Å². The van der Waals surface area contributed by atoms with Gasteiger partial charge >= 0.3 is 0 Å². The normalized spacial score (nSPS) is 17.4. The molecule has 2 heterocycles. The molecule has 3 aromatic rings.